The summed E-state index contributed by atoms with van der Waals surface area (Å²) in [5.74, 6) is 0.0712. The Morgan fingerprint density at radius 3 is 2.33 bits per heavy atom. The number of anilines is 1. The lowest BCUT2D eigenvalue weighted by molar-refractivity contribution is -0.137. The second-order valence-corrected chi connectivity index (χ2v) is 7.21. The number of carbonyl (C=O) groups is 2. The molecule has 2 aromatic carbocycles. The number of amides is 2. The number of carbonyl (C=O) groups excluding carboxylic acids is 2. The van der Waals surface area contributed by atoms with Crippen molar-refractivity contribution in [2.24, 2.45) is 0 Å². The van der Waals surface area contributed by atoms with Gasteiger partial charge in [-0.05, 0) is 68.1 Å². The van der Waals surface area contributed by atoms with Crippen LogP contribution in [0.3, 0.4) is 0 Å². The number of imide groups is 1. The Hall–Kier alpha value is -3.12. The van der Waals surface area contributed by atoms with Crippen LogP contribution in [-0.2, 0) is 14.3 Å². The highest BCUT2D eigenvalue weighted by Crippen LogP contribution is 2.31. The summed E-state index contributed by atoms with van der Waals surface area (Å²) < 4.78 is 10.6. The number of hydrogen-bond acceptors (Lipinski definition) is 5. The first-order valence-corrected chi connectivity index (χ1v) is 10.1. The molecule has 6 heteroatoms. The molecule has 1 heterocycles. The van der Waals surface area contributed by atoms with Crippen LogP contribution in [0.25, 0.3) is 5.57 Å². The summed E-state index contributed by atoms with van der Waals surface area (Å²) in [5, 5.41) is 3.20. The third-order valence-corrected chi connectivity index (χ3v) is 5.20. The van der Waals surface area contributed by atoms with Crippen LogP contribution in [0.4, 0.5) is 5.69 Å². The number of nitrogens with zero attached hydrogens (tertiary/aromatic N) is 1. The number of aryl methyl sites for hydroxylation is 2. The Kier molecular flexibility index (Phi) is 6.90. The van der Waals surface area contributed by atoms with Gasteiger partial charge in [0.2, 0.25) is 0 Å². The van der Waals surface area contributed by atoms with Gasteiger partial charge in [-0.25, -0.2) is 0 Å². The molecule has 0 radical (unpaired) electrons. The zero-order chi connectivity index (χ0) is 21.7. The minimum Gasteiger partial charge on any atom is -0.497 e. The van der Waals surface area contributed by atoms with E-state index >= 15 is 0 Å². The third kappa shape index (κ3) is 4.54. The van der Waals surface area contributed by atoms with E-state index in [0.717, 1.165) is 16.8 Å². The van der Waals surface area contributed by atoms with Gasteiger partial charge in [0.05, 0.1) is 12.7 Å². The predicted octanol–water partition coefficient (Wildman–Crippen LogP) is 3.93. The maximum atomic E-state index is 13.2. The Labute approximate surface area is 177 Å². The van der Waals surface area contributed by atoms with Crippen LogP contribution in [0.1, 0.15) is 30.0 Å². The molecule has 1 aliphatic rings. The summed E-state index contributed by atoms with van der Waals surface area (Å²) in [4.78, 5) is 27.6. The lowest BCUT2D eigenvalue weighted by atomic mass is 10.0. The first-order valence-electron chi connectivity index (χ1n) is 10.1. The van der Waals surface area contributed by atoms with Crippen LogP contribution in [-0.4, -0.2) is 43.6 Å². The average Bonchev–Trinajstić information content (AvgIpc) is 2.98. The van der Waals surface area contributed by atoms with Crippen molar-refractivity contribution in [3.63, 3.8) is 0 Å². The van der Waals surface area contributed by atoms with E-state index in [1.54, 1.807) is 31.4 Å². The van der Waals surface area contributed by atoms with Crippen molar-refractivity contribution in [2.75, 3.05) is 32.2 Å². The van der Waals surface area contributed by atoms with Gasteiger partial charge in [0.25, 0.3) is 11.8 Å². The van der Waals surface area contributed by atoms with E-state index in [1.165, 1.54) is 4.90 Å². The van der Waals surface area contributed by atoms with Gasteiger partial charge in [-0.15, -0.1) is 0 Å². The minimum atomic E-state index is -0.319. The van der Waals surface area contributed by atoms with E-state index in [-0.39, 0.29) is 11.8 Å². The van der Waals surface area contributed by atoms with Crippen LogP contribution >= 0.6 is 0 Å². The van der Waals surface area contributed by atoms with E-state index in [1.807, 2.05) is 39.0 Å². The molecular weight excluding hydrogens is 380 g/mol. The zero-order valence-corrected chi connectivity index (χ0v) is 18.0. The Morgan fingerprint density at radius 1 is 0.967 bits per heavy atom. The van der Waals surface area contributed by atoms with Gasteiger partial charge < -0.3 is 14.8 Å². The molecule has 0 saturated heterocycles. The molecule has 0 bridgehead atoms. The fourth-order valence-electron chi connectivity index (χ4n) is 3.35. The number of methoxy groups -OCH3 is 1. The van der Waals surface area contributed by atoms with Crippen LogP contribution < -0.4 is 10.1 Å². The van der Waals surface area contributed by atoms with E-state index in [0.29, 0.717) is 48.8 Å². The first-order chi connectivity index (χ1) is 14.5. The lowest BCUT2D eigenvalue weighted by Gasteiger charge is -2.15. The fraction of sp³-hybridized carbons (Fsp3) is 0.333. The maximum absolute atomic E-state index is 13.2. The summed E-state index contributed by atoms with van der Waals surface area (Å²) in [6, 6.07) is 13.0. The van der Waals surface area contributed by atoms with Crippen molar-refractivity contribution < 1.29 is 19.1 Å². The molecule has 0 saturated carbocycles. The normalized spacial score (nSPS) is 13.9. The molecule has 1 N–H and O–H groups in total. The molecule has 0 spiro atoms. The Morgan fingerprint density at radius 2 is 1.70 bits per heavy atom. The number of nitrogens with one attached hydrogen (secondary N) is 1. The Bertz CT molecular complexity index is 964. The fourth-order valence-corrected chi connectivity index (χ4v) is 3.35. The molecule has 0 atom stereocenters. The van der Waals surface area contributed by atoms with Gasteiger partial charge in [0, 0.05) is 25.4 Å². The second kappa shape index (κ2) is 9.59. The minimum absolute atomic E-state index is 0.296. The van der Waals surface area contributed by atoms with Crippen molar-refractivity contribution >= 4 is 23.1 Å². The number of rotatable bonds is 9. The second-order valence-electron chi connectivity index (χ2n) is 7.21. The van der Waals surface area contributed by atoms with Gasteiger partial charge in [-0.2, -0.15) is 0 Å². The van der Waals surface area contributed by atoms with Crippen molar-refractivity contribution in [2.45, 2.75) is 27.2 Å². The largest absolute Gasteiger partial charge is 0.497 e. The average molecular weight is 408 g/mol. The summed E-state index contributed by atoms with van der Waals surface area (Å²) in [6.45, 7) is 7.39. The molecule has 2 aromatic rings. The molecule has 158 valence electrons. The summed E-state index contributed by atoms with van der Waals surface area (Å²) >= 11 is 0. The zero-order valence-electron chi connectivity index (χ0n) is 18.0. The van der Waals surface area contributed by atoms with Crippen molar-refractivity contribution in [1.29, 1.82) is 0 Å². The molecule has 3 rings (SSSR count). The van der Waals surface area contributed by atoms with Gasteiger partial charge in [-0.3, -0.25) is 14.5 Å². The standard InChI is InChI=1S/C24H28N2O4/c1-5-30-14-6-13-26-23(27)21(18-8-11-20(29-4)12-9-18)22(24(26)28)25-19-10-7-16(2)17(3)15-19/h7-12,15,25H,5-6,13-14H2,1-4H3. The topological polar surface area (TPSA) is 67.9 Å². The Balaban J connectivity index is 1.95. The van der Waals surface area contributed by atoms with Crippen LogP contribution in [0.5, 0.6) is 5.75 Å². The molecule has 0 fully saturated rings. The molecule has 0 aromatic heterocycles. The van der Waals surface area contributed by atoms with Crippen molar-refractivity contribution in [3.8, 4) is 5.75 Å². The third-order valence-electron chi connectivity index (χ3n) is 5.20. The quantitative estimate of drug-likeness (QED) is 0.503. The SMILES string of the molecule is CCOCCCN1C(=O)C(Nc2ccc(C)c(C)c2)=C(c2ccc(OC)cc2)C1=O. The van der Waals surface area contributed by atoms with Crippen LogP contribution in [0.2, 0.25) is 0 Å². The number of ether oxygens (including phenoxy) is 2. The number of benzene rings is 2. The highest BCUT2D eigenvalue weighted by Gasteiger charge is 2.38. The highest BCUT2D eigenvalue weighted by molar-refractivity contribution is 6.36. The lowest BCUT2D eigenvalue weighted by Crippen LogP contribution is -2.34. The molecule has 6 nitrogen and oxygen atoms in total. The van der Waals surface area contributed by atoms with Crippen molar-refractivity contribution in [3.05, 3.63) is 64.9 Å². The van der Waals surface area contributed by atoms with Gasteiger partial charge in [0.15, 0.2) is 0 Å². The summed E-state index contributed by atoms with van der Waals surface area (Å²) in [6.07, 6.45) is 0.595. The van der Waals surface area contributed by atoms with Gasteiger partial charge >= 0.3 is 0 Å². The molecular formula is C24H28N2O4. The first kappa shape index (κ1) is 21.6. The highest BCUT2D eigenvalue weighted by atomic mass is 16.5. The van der Waals surface area contributed by atoms with E-state index < -0.39 is 0 Å². The van der Waals surface area contributed by atoms with Gasteiger partial charge in [0.1, 0.15) is 11.4 Å². The molecule has 0 unspecified atom stereocenters. The van der Waals surface area contributed by atoms with Gasteiger partial charge in [-0.1, -0.05) is 18.2 Å². The van der Waals surface area contributed by atoms with Crippen LogP contribution in [0, 0.1) is 13.8 Å². The predicted molar refractivity (Wildman–Crippen MR) is 117 cm³/mol. The monoisotopic (exact) mass is 408 g/mol. The summed E-state index contributed by atoms with van der Waals surface area (Å²) in [7, 11) is 1.59. The smallest absolute Gasteiger partial charge is 0.278 e. The van der Waals surface area contributed by atoms with E-state index in [4.69, 9.17) is 9.47 Å². The maximum Gasteiger partial charge on any atom is 0.278 e. The molecule has 2 amide bonds. The number of hydrogen-bond donors (Lipinski definition) is 1. The molecule has 0 aliphatic carbocycles. The van der Waals surface area contributed by atoms with E-state index in [2.05, 4.69) is 5.32 Å². The summed E-state index contributed by atoms with van der Waals surface area (Å²) in [5.41, 5.74) is 4.39. The van der Waals surface area contributed by atoms with Crippen molar-refractivity contribution in [1.82, 2.24) is 4.90 Å². The van der Waals surface area contributed by atoms with Crippen LogP contribution in [0.15, 0.2) is 48.2 Å². The molecule has 1 aliphatic heterocycles. The van der Waals surface area contributed by atoms with E-state index in [9.17, 15) is 9.59 Å². The molecule has 30 heavy (non-hydrogen) atoms.